The molecule has 1 aromatic heterocycles. The fourth-order valence-electron chi connectivity index (χ4n) is 3.21. The second kappa shape index (κ2) is 10.1. The molecule has 0 radical (unpaired) electrons. The number of ether oxygens (including phenoxy) is 2. The van der Waals surface area contributed by atoms with E-state index in [4.69, 9.17) is 27.0 Å². The maximum absolute atomic E-state index is 14.5. The summed E-state index contributed by atoms with van der Waals surface area (Å²) in [6.07, 6.45) is -3.54. The number of rotatable bonds is 6. The topological polar surface area (TPSA) is 78.7 Å². The lowest BCUT2D eigenvalue weighted by molar-refractivity contribution is -0.138. The Labute approximate surface area is 192 Å². The molecule has 12 heteroatoms. The minimum atomic E-state index is -4.86. The predicted octanol–water partition coefficient (Wildman–Crippen LogP) is 4.05. The van der Waals surface area contributed by atoms with Crippen LogP contribution in [-0.4, -0.2) is 42.9 Å². The van der Waals surface area contributed by atoms with Gasteiger partial charge in [-0.1, -0.05) is 0 Å². The van der Waals surface area contributed by atoms with Gasteiger partial charge in [0.05, 0.1) is 24.1 Å². The van der Waals surface area contributed by atoms with E-state index in [0.29, 0.717) is 18.2 Å². The Balaban J connectivity index is 1.96. The van der Waals surface area contributed by atoms with Crippen molar-refractivity contribution in [3.63, 3.8) is 0 Å². The van der Waals surface area contributed by atoms with Crippen molar-refractivity contribution >= 4 is 34.6 Å². The van der Waals surface area contributed by atoms with E-state index in [2.05, 4.69) is 4.98 Å². The number of aromatic nitrogens is 1. The van der Waals surface area contributed by atoms with E-state index in [-0.39, 0.29) is 42.7 Å². The first kappa shape index (κ1) is 24.3. The van der Waals surface area contributed by atoms with E-state index in [9.17, 15) is 22.4 Å². The van der Waals surface area contributed by atoms with E-state index in [1.165, 1.54) is 36.3 Å². The van der Waals surface area contributed by atoms with Crippen molar-refractivity contribution in [3.05, 3.63) is 47.5 Å². The van der Waals surface area contributed by atoms with Crippen LogP contribution in [0.2, 0.25) is 0 Å². The molecule has 1 amide bonds. The number of hydrogen-bond acceptors (Lipinski definition) is 6. The van der Waals surface area contributed by atoms with Gasteiger partial charge in [0.2, 0.25) is 5.91 Å². The Morgan fingerprint density at radius 2 is 2.00 bits per heavy atom. The van der Waals surface area contributed by atoms with Crippen molar-refractivity contribution in [2.75, 3.05) is 36.7 Å². The summed E-state index contributed by atoms with van der Waals surface area (Å²) in [6.45, 7) is 0.650. The van der Waals surface area contributed by atoms with E-state index < -0.39 is 29.2 Å². The molecule has 1 aromatic carbocycles. The summed E-state index contributed by atoms with van der Waals surface area (Å²) in [6, 6.07) is 6.14. The van der Waals surface area contributed by atoms with Crippen LogP contribution in [0.5, 0.6) is 5.75 Å². The standard InChI is InChI=1S/C21H18F4N4O3S/c1-31-7-8-32-18-5-4-13(10-16(18)22)28-6-2-3-19(30)29(20(28)33)14-9-15(21(23,24)25)17(11-26)27-12-14/h4-5,9-10,12H,2-3,6-8H2,1H3. The molecular formula is C21H18F4N4O3S. The Morgan fingerprint density at radius 1 is 1.24 bits per heavy atom. The Kier molecular flexibility index (Phi) is 7.45. The Bertz CT molecular complexity index is 1100. The molecule has 0 spiro atoms. The lowest BCUT2D eigenvalue weighted by Gasteiger charge is -2.30. The number of methoxy groups -OCH3 is 1. The molecule has 0 N–H and O–H groups in total. The molecule has 0 bridgehead atoms. The highest BCUT2D eigenvalue weighted by Gasteiger charge is 2.37. The number of benzene rings is 1. The third-order valence-electron chi connectivity index (χ3n) is 4.76. The van der Waals surface area contributed by atoms with Crippen LogP contribution in [0, 0.1) is 17.1 Å². The highest BCUT2D eigenvalue weighted by Crippen LogP contribution is 2.35. The summed E-state index contributed by atoms with van der Waals surface area (Å²) in [5, 5.41) is 8.82. The first-order chi connectivity index (χ1) is 15.7. The number of carbonyl (C=O) groups excluding carboxylic acids is 1. The van der Waals surface area contributed by atoms with Crippen LogP contribution in [-0.2, 0) is 15.7 Å². The smallest absolute Gasteiger partial charge is 0.419 e. The molecule has 0 atom stereocenters. The number of nitrogens with zero attached hydrogens (tertiary/aromatic N) is 4. The number of hydrogen-bond donors (Lipinski definition) is 0. The quantitative estimate of drug-likeness (QED) is 0.349. The molecular weight excluding hydrogens is 464 g/mol. The van der Waals surface area contributed by atoms with Crippen LogP contribution in [0.1, 0.15) is 24.1 Å². The van der Waals surface area contributed by atoms with Crippen molar-refractivity contribution in [3.8, 4) is 11.8 Å². The zero-order valence-electron chi connectivity index (χ0n) is 17.4. The first-order valence-corrected chi connectivity index (χ1v) is 10.1. The number of thiocarbonyl (C=S) groups is 1. The molecule has 0 saturated carbocycles. The summed E-state index contributed by atoms with van der Waals surface area (Å²) < 4.78 is 64.9. The van der Waals surface area contributed by atoms with Crippen molar-refractivity contribution in [1.82, 2.24) is 4.98 Å². The monoisotopic (exact) mass is 482 g/mol. The van der Waals surface area contributed by atoms with E-state index >= 15 is 0 Å². The van der Waals surface area contributed by atoms with Gasteiger partial charge in [-0.3, -0.25) is 9.69 Å². The van der Waals surface area contributed by atoms with Crippen LogP contribution >= 0.6 is 12.2 Å². The average molecular weight is 482 g/mol. The summed E-state index contributed by atoms with van der Waals surface area (Å²) >= 11 is 5.42. The molecule has 1 aliphatic heterocycles. The van der Waals surface area contributed by atoms with Gasteiger partial charge in [0.25, 0.3) is 0 Å². The molecule has 3 rings (SSSR count). The second-order valence-corrected chi connectivity index (χ2v) is 7.29. The second-order valence-electron chi connectivity index (χ2n) is 6.92. The summed E-state index contributed by atoms with van der Waals surface area (Å²) in [7, 11) is 1.48. The molecule has 174 valence electrons. The predicted molar refractivity (Wildman–Crippen MR) is 114 cm³/mol. The van der Waals surface area contributed by atoms with Gasteiger partial charge < -0.3 is 14.4 Å². The molecule has 2 aromatic rings. The number of carbonyl (C=O) groups is 1. The number of halogens is 4. The number of pyridine rings is 1. The lowest BCUT2D eigenvalue weighted by Crippen LogP contribution is -2.44. The zero-order valence-corrected chi connectivity index (χ0v) is 18.2. The lowest BCUT2D eigenvalue weighted by atomic mass is 10.1. The Hall–Kier alpha value is -3.30. The normalized spacial score (nSPS) is 14.8. The molecule has 33 heavy (non-hydrogen) atoms. The molecule has 0 aliphatic carbocycles. The minimum Gasteiger partial charge on any atom is -0.488 e. The highest BCUT2D eigenvalue weighted by molar-refractivity contribution is 7.81. The van der Waals surface area contributed by atoms with Crippen LogP contribution < -0.4 is 14.5 Å². The van der Waals surface area contributed by atoms with E-state index in [1.54, 1.807) is 0 Å². The molecule has 1 fully saturated rings. The highest BCUT2D eigenvalue weighted by atomic mass is 32.1. The third-order valence-corrected chi connectivity index (χ3v) is 5.16. The van der Waals surface area contributed by atoms with Gasteiger partial charge in [0, 0.05) is 31.8 Å². The van der Waals surface area contributed by atoms with Gasteiger partial charge >= 0.3 is 6.18 Å². The van der Waals surface area contributed by atoms with Crippen LogP contribution in [0.15, 0.2) is 30.5 Å². The van der Waals surface area contributed by atoms with Gasteiger partial charge in [-0.2, -0.15) is 18.4 Å². The summed E-state index contributed by atoms with van der Waals surface area (Å²) in [4.78, 5) is 18.6. The zero-order chi connectivity index (χ0) is 24.2. The maximum atomic E-state index is 14.5. The fraction of sp³-hybridized carbons (Fsp3) is 0.333. The largest absolute Gasteiger partial charge is 0.488 e. The van der Waals surface area contributed by atoms with Crippen molar-refractivity contribution < 1.29 is 31.8 Å². The van der Waals surface area contributed by atoms with Crippen molar-refractivity contribution in [2.24, 2.45) is 0 Å². The number of anilines is 2. The van der Waals surface area contributed by atoms with E-state index in [0.717, 1.165) is 11.1 Å². The van der Waals surface area contributed by atoms with Crippen LogP contribution in [0.4, 0.5) is 28.9 Å². The first-order valence-electron chi connectivity index (χ1n) is 9.70. The number of alkyl halides is 3. The Morgan fingerprint density at radius 3 is 2.64 bits per heavy atom. The molecule has 7 nitrogen and oxygen atoms in total. The van der Waals surface area contributed by atoms with Gasteiger partial charge in [-0.15, -0.1) is 0 Å². The van der Waals surface area contributed by atoms with Crippen LogP contribution in [0.3, 0.4) is 0 Å². The third kappa shape index (κ3) is 5.37. The average Bonchev–Trinajstić information content (AvgIpc) is 2.91. The summed E-state index contributed by atoms with van der Waals surface area (Å²) in [5.74, 6) is -1.22. The van der Waals surface area contributed by atoms with Gasteiger partial charge in [-0.25, -0.2) is 9.37 Å². The van der Waals surface area contributed by atoms with Crippen molar-refractivity contribution in [1.29, 1.82) is 5.26 Å². The number of amides is 1. The maximum Gasteiger partial charge on any atom is 0.419 e. The molecule has 2 heterocycles. The number of nitriles is 1. The van der Waals surface area contributed by atoms with E-state index in [1.807, 2.05) is 0 Å². The SMILES string of the molecule is COCCOc1ccc(N2CCCC(=O)N(c3cnc(C#N)c(C(F)(F)F)c3)C2=S)cc1F. The molecule has 0 unspecified atom stereocenters. The molecule has 1 saturated heterocycles. The fourth-order valence-corrected chi connectivity index (χ4v) is 3.61. The van der Waals surface area contributed by atoms with Crippen LogP contribution in [0.25, 0.3) is 0 Å². The minimum absolute atomic E-state index is 0.00130. The van der Waals surface area contributed by atoms with Gasteiger partial charge in [0.1, 0.15) is 12.7 Å². The molecule has 1 aliphatic rings. The summed E-state index contributed by atoms with van der Waals surface area (Å²) in [5.41, 5.74) is -2.03. The van der Waals surface area contributed by atoms with Gasteiger partial charge in [-0.05, 0) is 36.8 Å². The van der Waals surface area contributed by atoms with Crippen molar-refractivity contribution in [2.45, 2.75) is 19.0 Å². The van der Waals surface area contributed by atoms with Gasteiger partial charge in [0.15, 0.2) is 22.4 Å².